The molecule has 182 valence electrons. The van der Waals surface area contributed by atoms with Crippen molar-refractivity contribution in [3.05, 3.63) is 59.5 Å². The Balaban J connectivity index is 1.45. The van der Waals surface area contributed by atoms with E-state index < -0.39 is 0 Å². The fraction of sp³-hybridized carbons (Fsp3) is 0.519. The van der Waals surface area contributed by atoms with Crippen LogP contribution in [-0.2, 0) is 17.6 Å². The van der Waals surface area contributed by atoms with Gasteiger partial charge in [-0.3, -0.25) is 4.79 Å². The number of carbonyl (C=O) groups excluding carboxylic acids is 1. The van der Waals surface area contributed by atoms with E-state index in [1.807, 2.05) is 31.2 Å². The average Bonchev–Trinajstić information content (AvgIpc) is 3.30. The molecule has 7 heteroatoms. The van der Waals surface area contributed by atoms with Crippen LogP contribution in [0.5, 0.6) is 0 Å². The zero-order valence-electron chi connectivity index (χ0n) is 20.7. The lowest BCUT2D eigenvalue weighted by atomic mass is 10.0. The van der Waals surface area contributed by atoms with Gasteiger partial charge in [-0.05, 0) is 48.2 Å². The molecule has 34 heavy (non-hydrogen) atoms. The van der Waals surface area contributed by atoms with Gasteiger partial charge in [0.15, 0.2) is 5.82 Å². The first-order chi connectivity index (χ1) is 16.7. The van der Waals surface area contributed by atoms with Crippen LogP contribution in [0.4, 0.5) is 5.82 Å². The summed E-state index contributed by atoms with van der Waals surface area (Å²) in [7, 11) is 0. The second-order valence-electron chi connectivity index (χ2n) is 8.95. The van der Waals surface area contributed by atoms with Crippen LogP contribution in [0, 0.1) is 6.92 Å². The van der Waals surface area contributed by atoms with Crippen molar-refractivity contribution in [3.8, 4) is 5.69 Å². The smallest absolute Gasteiger partial charge is 0.233 e. The van der Waals surface area contributed by atoms with Gasteiger partial charge < -0.3 is 5.32 Å². The monoisotopic (exact) mass is 462 g/mol. The number of tetrazole rings is 1. The van der Waals surface area contributed by atoms with Gasteiger partial charge in [0.1, 0.15) is 5.82 Å². The number of benzene rings is 1. The SMILES string of the molecule is CCCCCCCCCCCCc1ccccc1-n1nnc(CC(=O)Nc2ncccc2C)n1. The first-order valence-corrected chi connectivity index (χ1v) is 12.8. The summed E-state index contributed by atoms with van der Waals surface area (Å²) in [6.07, 6.45) is 15.9. The standard InChI is InChI=1S/C27H38N6O/c1-3-4-5-6-7-8-9-10-11-12-17-23-18-13-14-19-24(23)33-31-25(30-32-33)21-26(34)29-27-22(2)16-15-20-28-27/h13-16,18-20H,3-12,17,21H2,1-2H3,(H,28,29,34). The van der Waals surface area contributed by atoms with Gasteiger partial charge in [-0.15, -0.1) is 15.0 Å². The quantitative estimate of drug-likeness (QED) is 0.280. The number of carbonyl (C=O) groups is 1. The van der Waals surface area contributed by atoms with Gasteiger partial charge in [-0.25, -0.2) is 4.98 Å². The highest BCUT2D eigenvalue weighted by Gasteiger charge is 2.13. The molecule has 0 radical (unpaired) electrons. The van der Waals surface area contributed by atoms with Crippen LogP contribution < -0.4 is 5.32 Å². The van der Waals surface area contributed by atoms with Crippen LogP contribution in [0.3, 0.4) is 0 Å². The summed E-state index contributed by atoms with van der Waals surface area (Å²) in [5.41, 5.74) is 3.05. The fourth-order valence-electron chi connectivity index (χ4n) is 4.07. The molecule has 0 aliphatic heterocycles. The lowest BCUT2D eigenvalue weighted by molar-refractivity contribution is -0.115. The van der Waals surface area contributed by atoms with Crippen LogP contribution >= 0.6 is 0 Å². The fourth-order valence-corrected chi connectivity index (χ4v) is 4.07. The molecule has 3 aromatic rings. The second-order valence-corrected chi connectivity index (χ2v) is 8.95. The zero-order chi connectivity index (χ0) is 24.0. The molecule has 0 unspecified atom stereocenters. The molecule has 1 N–H and O–H groups in total. The number of anilines is 1. The van der Waals surface area contributed by atoms with Crippen LogP contribution in [0.15, 0.2) is 42.6 Å². The molecule has 0 aliphatic carbocycles. The van der Waals surface area contributed by atoms with E-state index in [0.29, 0.717) is 11.6 Å². The van der Waals surface area contributed by atoms with E-state index in [1.165, 1.54) is 63.4 Å². The Kier molecular flexibility index (Phi) is 10.7. The van der Waals surface area contributed by atoms with E-state index in [0.717, 1.165) is 24.1 Å². The maximum Gasteiger partial charge on any atom is 0.233 e. The average molecular weight is 463 g/mol. The highest BCUT2D eigenvalue weighted by molar-refractivity contribution is 5.91. The number of pyridine rings is 1. The molecule has 2 aromatic heterocycles. The molecule has 0 atom stereocenters. The minimum absolute atomic E-state index is 0.0522. The summed E-state index contributed by atoms with van der Waals surface area (Å²) >= 11 is 0. The van der Waals surface area contributed by atoms with Gasteiger partial charge in [-0.1, -0.05) is 89.0 Å². The molecule has 2 heterocycles. The van der Waals surface area contributed by atoms with Gasteiger partial charge in [0.2, 0.25) is 5.91 Å². The van der Waals surface area contributed by atoms with E-state index >= 15 is 0 Å². The van der Waals surface area contributed by atoms with Crippen molar-refractivity contribution in [2.75, 3.05) is 5.32 Å². The van der Waals surface area contributed by atoms with Crippen molar-refractivity contribution in [1.82, 2.24) is 25.2 Å². The topological polar surface area (TPSA) is 85.6 Å². The van der Waals surface area contributed by atoms with Crippen molar-refractivity contribution in [1.29, 1.82) is 0 Å². The Labute approximate surface area is 203 Å². The molecule has 0 spiro atoms. The van der Waals surface area contributed by atoms with E-state index in [2.05, 4.69) is 44.8 Å². The second kappa shape index (κ2) is 14.2. The molecule has 0 aliphatic rings. The third-order valence-electron chi connectivity index (χ3n) is 6.05. The number of hydrogen-bond acceptors (Lipinski definition) is 5. The lowest BCUT2D eigenvalue weighted by Crippen LogP contribution is -2.17. The van der Waals surface area contributed by atoms with Crippen LogP contribution in [0.2, 0.25) is 0 Å². The van der Waals surface area contributed by atoms with Gasteiger partial charge in [0.25, 0.3) is 0 Å². The first-order valence-electron chi connectivity index (χ1n) is 12.8. The third-order valence-corrected chi connectivity index (χ3v) is 6.05. The number of para-hydroxylation sites is 1. The van der Waals surface area contributed by atoms with E-state index in [-0.39, 0.29) is 12.3 Å². The van der Waals surface area contributed by atoms with Crippen molar-refractivity contribution in [2.24, 2.45) is 0 Å². The number of aryl methyl sites for hydroxylation is 2. The molecule has 0 fully saturated rings. The number of rotatable bonds is 15. The molecule has 0 bridgehead atoms. The van der Waals surface area contributed by atoms with Gasteiger partial charge >= 0.3 is 0 Å². The predicted molar refractivity (Wildman–Crippen MR) is 136 cm³/mol. The number of aromatic nitrogens is 5. The Morgan fingerprint density at radius 3 is 2.35 bits per heavy atom. The third kappa shape index (κ3) is 8.36. The Morgan fingerprint density at radius 2 is 1.62 bits per heavy atom. The highest BCUT2D eigenvalue weighted by Crippen LogP contribution is 2.17. The summed E-state index contributed by atoms with van der Waals surface area (Å²) in [5.74, 6) is 0.738. The van der Waals surface area contributed by atoms with Gasteiger partial charge in [0.05, 0.1) is 12.1 Å². The molecule has 1 aromatic carbocycles. The first kappa shape index (κ1) is 25.5. The van der Waals surface area contributed by atoms with Crippen LogP contribution in [0.25, 0.3) is 5.69 Å². The summed E-state index contributed by atoms with van der Waals surface area (Å²) in [6, 6.07) is 11.9. The van der Waals surface area contributed by atoms with Gasteiger partial charge in [0, 0.05) is 6.20 Å². The normalized spacial score (nSPS) is 11.0. The van der Waals surface area contributed by atoms with Crippen molar-refractivity contribution < 1.29 is 4.79 Å². The van der Waals surface area contributed by atoms with Crippen LogP contribution in [0.1, 0.15) is 88.1 Å². The molecular weight excluding hydrogens is 424 g/mol. The maximum atomic E-state index is 12.4. The van der Waals surface area contributed by atoms with E-state index in [4.69, 9.17) is 0 Å². The zero-order valence-corrected chi connectivity index (χ0v) is 20.7. The summed E-state index contributed by atoms with van der Waals surface area (Å²) in [6.45, 7) is 4.17. The summed E-state index contributed by atoms with van der Waals surface area (Å²) in [4.78, 5) is 18.1. The van der Waals surface area contributed by atoms with Crippen molar-refractivity contribution in [2.45, 2.75) is 90.9 Å². The molecule has 3 rings (SSSR count). The number of amides is 1. The predicted octanol–water partition coefficient (Wildman–Crippen LogP) is 6.01. The van der Waals surface area contributed by atoms with Gasteiger partial charge in [-0.2, -0.15) is 0 Å². The molecule has 0 saturated carbocycles. The van der Waals surface area contributed by atoms with Crippen molar-refractivity contribution >= 4 is 11.7 Å². The van der Waals surface area contributed by atoms with E-state index in [9.17, 15) is 4.79 Å². The minimum atomic E-state index is -0.208. The Morgan fingerprint density at radius 1 is 0.912 bits per heavy atom. The van der Waals surface area contributed by atoms with E-state index in [1.54, 1.807) is 11.0 Å². The summed E-state index contributed by atoms with van der Waals surface area (Å²) in [5, 5.41) is 15.6. The summed E-state index contributed by atoms with van der Waals surface area (Å²) < 4.78 is 0. The molecule has 0 saturated heterocycles. The largest absolute Gasteiger partial charge is 0.310 e. The molecular formula is C27H38N6O. The minimum Gasteiger partial charge on any atom is -0.310 e. The Hall–Kier alpha value is -3.09. The number of unbranched alkanes of at least 4 members (excludes halogenated alkanes) is 9. The lowest BCUT2D eigenvalue weighted by Gasteiger charge is -2.08. The number of nitrogens with zero attached hydrogens (tertiary/aromatic N) is 5. The number of nitrogens with one attached hydrogen (secondary N) is 1. The van der Waals surface area contributed by atoms with Crippen molar-refractivity contribution in [3.63, 3.8) is 0 Å². The number of hydrogen-bond donors (Lipinski definition) is 1. The molecule has 7 nitrogen and oxygen atoms in total. The highest BCUT2D eigenvalue weighted by atomic mass is 16.1. The van der Waals surface area contributed by atoms with Crippen LogP contribution in [-0.4, -0.2) is 31.1 Å². The Bertz CT molecular complexity index is 1020. The maximum absolute atomic E-state index is 12.4. The molecule has 1 amide bonds.